The van der Waals surface area contributed by atoms with Crippen LogP contribution < -0.4 is 9.64 Å². The van der Waals surface area contributed by atoms with E-state index in [4.69, 9.17) is 16.3 Å². The summed E-state index contributed by atoms with van der Waals surface area (Å²) in [5, 5.41) is 5.30. The minimum atomic E-state index is -0.136. The Morgan fingerprint density at radius 3 is 2.70 bits per heavy atom. The molecule has 2 heterocycles. The average Bonchev–Trinajstić information content (AvgIpc) is 3.25. The van der Waals surface area contributed by atoms with Crippen molar-refractivity contribution in [3.63, 3.8) is 0 Å². The van der Waals surface area contributed by atoms with Crippen LogP contribution in [0.2, 0.25) is 5.02 Å². The zero-order valence-corrected chi connectivity index (χ0v) is 17.3. The lowest BCUT2D eigenvalue weighted by molar-refractivity contribution is 0.0977. The van der Waals surface area contributed by atoms with Crippen molar-refractivity contribution < 1.29 is 9.53 Å². The van der Waals surface area contributed by atoms with Crippen LogP contribution in [0.3, 0.4) is 0 Å². The Hall–Kier alpha value is -2.16. The van der Waals surface area contributed by atoms with Gasteiger partial charge in [0.05, 0.1) is 16.8 Å². The van der Waals surface area contributed by atoms with Crippen LogP contribution in [0.15, 0.2) is 24.4 Å². The van der Waals surface area contributed by atoms with Gasteiger partial charge >= 0.3 is 0 Å². The number of methoxy groups -OCH3 is 1. The molecule has 1 amide bonds. The lowest BCUT2D eigenvalue weighted by Crippen LogP contribution is -2.34. The van der Waals surface area contributed by atoms with Gasteiger partial charge in [-0.2, -0.15) is 5.10 Å². The molecule has 2 aromatic heterocycles. The summed E-state index contributed by atoms with van der Waals surface area (Å²) in [6, 6.07) is 5.28. The second kappa shape index (κ2) is 8.24. The van der Waals surface area contributed by atoms with E-state index in [0.717, 1.165) is 17.7 Å². The maximum Gasteiger partial charge on any atom is 0.278 e. The quantitative estimate of drug-likeness (QED) is 0.601. The van der Waals surface area contributed by atoms with Crippen molar-refractivity contribution in [1.82, 2.24) is 19.7 Å². The molecule has 144 valence electrons. The fraction of sp³-hybridized carbons (Fsp3) is 0.389. The summed E-state index contributed by atoms with van der Waals surface area (Å²) >= 11 is 7.74. The van der Waals surface area contributed by atoms with Crippen molar-refractivity contribution in [1.29, 1.82) is 0 Å². The van der Waals surface area contributed by atoms with Crippen molar-refractivity contribution >= 4 is 44.2 Å². The van der Waals surface area contributed by atoms with Crippen molar-refractivity contribution in [3.05, 3.63) is 35.1 Å². The normalized spacial score (nSPS) is 11.3. The number of ether oxygens (including phenoxy) is 1. The van der Waals surface area contributed by atoms with E-state index in [1.165, 1.54) is 11.3 Å². The van der Waals surface area contributed by atoms with Crippen molar-refractivity contribution in [2.75, 3.05) is 39.2 Å². The highest BCUT2D eigenvalue weighted by Crippen LogP contribution is 2.39. The number of fused-ring (bicyclic) bond motifs is 1. The fourth-order valence-corrected chi connectivity index (χ4v) is 4.05. The van der Waals surface area contributed by atoms with Gasteiger partial charge in [0.1, 0.15) is 17.0 Å². The summed E-state index contributed by atoms with van der Waals surface area (Å²) in [6.45, 7) is 1.41. The molecule has 0 aliphatic carbocycles. The number of rotatable bonds is 7. The SMILES string of the molecule is COc1ccc(Cl)c2sc(N(CCCN(C)C)C(=O)c3ccnn3C)nc12. The molecule has 0 unspecified atom stereocenters. The summed E-state index contributed by atoms with van der Waals surface area (Å²) in [4.78, 5) is 21.6. The van der Waals surface area contributed by atoms with Crippen LogP contribution in [-0.2, 0) is 7.05 Å². The molecule has 0 saturated heterocycles. The molecule has 0 aliphatic rings. The van der Waals surface area contributed by atoms with Gasteiger partial charge < -0.3 is 9.64 Å². The molecular weight excluding hydrogens is 386 g/mol. The van der Waals surface area contributed by atoms with Crippen LogP contribution in [-0.4, -0.2) is 59.9 Å². The van der Waals surface area contributed by atoms with Crippen molar-refractivity contribution in [2.24, 2.45) is 7.05 Å². The number of nitrogens with zero attached hydrogens (tertiary/aromatic N) is 5. The summed E-state index contributed by atoms with van der Waals surface area (Å²) in [5.41, 5.74) is 1.18. The summed E-state index contributed by atoms with van der Waals surface area (Å²) in [6.07, 6.45) is 2.43. The van der Waals surface area contributed by atoms with Gasteiger partial charge in [-0.15, -0.1) is 0 Å². The number of hydrogen-bond acceptors (Lipinski definition) is 6. The number of amides is 1. The van der Waals surface area contributed by atoms with Gasteiger partial charge in [-0.05, 0) is 45.3 Å². The number of aromatic nitrogens is 3. The molecule has 3 aromatic rings. The molecule has 1 aromatic carbocycles. The molecule has 0 atom stereocenters. The van der Waals surface area contributed by atoms with Crippen LogP contribution >= 0.6 is 22.9 Å². The number of anilines is 1. The third-order valence-corrected chi connectivity index (χ3v) is 5.71. The summed E-state index contributed by atoms with van der Waals surface area (Å²) in [7, 11) is 7.37. The molecule has 0 aliphatic heterocycles. The first kappa shape index (κ1) is 19.6. The van der Waals surface area contributed by atoms with E-state index >= 15 is 0 Å². The van der Waals surface area contributed by atoms with Crippen LogP contribution in [0.25, 0.3) is 10.2 Å². The van der Waals surface area contributed by atoms with Crippen LogP contribution in [0.1, 0.15) is 16.9 Å². The molecule has 0 fully saturated rings. The summed E-state index contributed by atoms with van der Waals surface area (Å²) < 4.78 is 7.78. The molecule has 9 heteroatoms. The monoisotopic (exact) mass is 407 g/mol. The molecule has 3 rings (SSSR count). The highest BCUT2D eigenvalue weighted by Gasteiger charge is 2.24. The average molecular weight is 408 g/mol. The maximum atomic E-state index is 13.2. The number of hydrogen-bond donors (Lipinski definition) is 0. The highest BCUT2D eigenvalue weighted by molar-refractivity contribution is 7.23. The molecule has 0 spiro atoms. The first-order chi connectivity index (χ1) is 12.9. The lowest BCUT2D eigenvalue weighted by Gasteiger charge is -2.20. The van der Waals surface area contributed by atoms with Crippen LogP contribution in [0, 0.1) is 0 Å². The number of carbonyl (C=O) groups excluding carboxylic acids is 1. The van der Waals surface area contributed by atoms with E-state index in [9.17, 15) is 4.79 Å². The molecule has 0 bridgehead atoms. The van der Waals surface area contributed by atoms with Crippen LogP contribution in [0.5, 0.6) is 5.75 Å². The van der Waals surface area contributed by atoms with Gasteiger partial charge in [-0.25, -0.2) is 4.98 Å². The Morgan fingerprint density at radius 1 is 1.30 bits per heavy atom. The lowest BCUT2D eigenvalue weighted by atomic mass is 10.3. The van der Waals surface area contributed by atoms with E-state index < -0.39 is 0 Å². The molecule has 0 saturated carbocycles. The Morgan fingerprint density at radius 2 is 2.07 bits per heavy atom. The topological polar surface area (TPSA) is 63.5 Å². The Labute approximate surface area is 167 Å². The number of aryl methyl sites for hydroxylation is 1. The van der Waals surface area contributed by atoms with E-state index in [1.807, 2.05) is 14.1 Å². The largest absolute Gasteiger partial charge is 0.494 e. The minimum Gasteiger partial charge on any atom is -0.494 e. The molecular formula is C18H22ClN5O2S. The van der Waals surface area contributed by atoms with E-state index in [-0.39, 0.29) is 5.91 Å². The second-order valence-corrected chi connectivity index (χ2v) is 7.76. The summed E-state index contributed by atoms with van der Waals surface area (Å²) in [5.74, 6) is 0.501. The maximum absolute atomic E-state index is 13.2. The fourth-order valence-electron chi connectivity index (χ4n) is 2.77. The molecule has 7 nitrogen and oxygen atoms in total. The van der Waals surface area contributed by atoms with Gasteiger partial charge in [0.2, 0.25) is 0 Å². The zero-order chi connectivity index (χ0) is 19.6. The third-order valence-electron chi connectivity index (χ3n) is 4.17. The molecule has 27 heavy (non-hydrogen) atoms. The Bertz CT molecular complexity index is 953. The minimum absolute atomic E-state index is 0.136. The standard InChI is InChI=1S/C18H22ClN5O2S/c1-22(2)10-5-11-24(17(25)13-8-9-20-23(13)3)18-21-15-14(26-4)7-6-12(19)16(15)27-18/h6-9H,5,10-11H2,1-4H3. The van der Waals surface area contributed by atoms with Gasteiger partial charge in [-0.1, -0.05) is 22.9 Å². The second-order valence-electron chi connectivity index (χ2n) is 6.38. The van der Waals surface area contributed by atoms with Gasteiger partial charge in [0.25, 0.3) is 5.91 Å². The predicted molar refractivity (Wildman–Crippen MR) is 109 cm³/mol. The third kappa shape index (κ3) is 4.07. The van der Waals surface area contributed by atoms with E-state index in [0.29, 0.717) is 33.7 Å². The Balaban J connectivity index is 2.01. The van der Waals surface area contributed by atoms with Gasteiger partial charge in [-0.3, -0.25) is 14.4 Å². The predicted octanol–water partition coefficient (Wildman–Crippen LogP) is 3.29. The van der Waals surface area contributed by atoms with Gasteiger partial charge in [0, 0.05) is 19.8 Å². The van der Waals surface area contributed by atoms with E-state index in [1.54, 1.807) is 48.1 Å². The van der Waals surface area contributed by atoms with Crippen molar-refractivity contribution in [3.8, 4) is 5.75 Å². The number of benzene rings is 1. The molecule has 0 radical (unpaired) electrons. The van der Waals surface area contributed by atoms with Gasteiger partial charge in [0.15, 0.2) is 5.13 Å². The number of carbonyl (C=O) groups is 1. The van der Waals surface area contributed by atoms with Crippen LogP contribution in [0.4, 0.5) is 5.13 Å². The Kier molecular flexibility index (Phi) is 5.98. The first-order valence-electron chi connectivity index (χ1n) is 8.50. The van der Waals surface area contributed by atoms with E-state index in [2.05, 4.69) is 15.0 Å². The number of halogens is 1. The number of thiazole rings is 1. The highest BCUT2D eigenvalue weighted by atomic mass is 35.5. The smallest absolute Gasteiger partial charge is 0.278 e. The zero-order valence-electron chi connectivity index (χ0n) is 15.8. The molecule has 0 N–H and O–H groups in total. The first-order valence-corrected chi connectivity index (χ1v) is 9.69. The van der Waals surface area contributed by atoms with Crippen molar-refractivity contribution in [2.45, 2.75) is 6.42 Å².